The van der Waals surface area contributed by atoms with Crippen molar-refractivity contribution in [3.63, 3.8) is 0 Å². The number of nitrogens with zero attached hydrogens (tertiary/aromatic N) is 5. The molecule has 0 aromatic heterocycles. The molecule has 8 nitrogen and oxygen atoms in total. The van der Waals surface area contributed by atoms with Crippen LogP contribution in [0.4, 0.5) is 13.2 Å². The average molecular weight is 420 g/mol. The molecular formula is C18H31F3N6O2. The lowest BCUT2D eigenvalue weighted by Crippen LogP contribution is -2.57. The van der Waals surface area contributed by atoms with Crippen LogP contribution in [0.25, 0.3) is 0 Å². The topological polar surface area (TPSA) is 71.5 Å². The van der Waals surface area contributed by atoms with Gasteiger partial charge < -0.3 is 20.0 Å². The van der Waals surface area contributed by atoms with E-state index < -0.39 is 18.6 Å². The summed E-state index contributed by atoms with van der Waals surface area (Å²) in [5, 5.41) is 2.84. The molecule has 166 valence electrons. The molecule has 0 spiro atoms. The number of halogens is 3. The van der Waals surface area contributed by atoms with E-state index in [1.807, 2.05) is 16.7 Å². The number of hydrogen-bond acceptors (Lipinski definition) is 4. The highest BCUT2D eigenvalue weighted by Gasteiger charge is 2.32. The first-order valence-corrected chi connectivity index (χ1v) is 9.91. The first kappa shape index (κ1) is 23.2. The van der Waals surface area contributed by atoms with E-state index in [9.17, 15) is 22.8 Å². The highest BCUT2D eigenvalue weighted by Crippen LogP contribution is 2.16. The molecule has 29 heavy (non-hydrogen) atoms. The fourth-order valence-electron chi connectivity index (χ4n) is 3.66. The minimum atomic E-state index is -4.42. The third kappa shape index (κ3) is 6.76. The smallest absolute Gasteiger partial charge is 0.347 e. The summed E-state index contributed by atoms with van der Waals surface area (Å²) in [6.45, 7) is 4.61. The molecule has 2 aliphatic heterocycles. The van der Waals surface area contributed by atoms with Crippen molar-refractivity contribution >= 4 is 17.8 Å². The number of likely N-dealkylation sites (tertiary alicyclic amines) is 1. The van der Waals surface area contributed by atoms with Gasteiger partial charge in [0.1, 0.15) is 6.54 Å². The monoisotopic (exact) mass is 420 g/mol. The van der Waals surface area contributed by atoms with Crippen LogP contribution in [0.2, 0.25) is 0 Å². The van der Waals surface area contributed by atoms with Gasteiger partial charge in [-0.1, -0.05) is 0 Å². The Balaban J connectivity index is 1.79. The van der Waals surface area contributed by atoms with Crippen LogP contribution in [0.1, 0.15) is 19.8 Å². The summed E-state index contributed by atoms with van der Waals surface area (Å²) in [6.07, 6.45) is -2.30. The number of piperazine rings is 1. The number of hydrogen-bond donors (Lipinski definition) is 1. The number of likely N-dealkylation sites (N-methyl/N-ethyl adjacent to an activating group) is 1. The molecule has 0 aromatic rings. The summed E-state index contributed by atoms with van der Waals surface area (Å²) in [4.78, 5) is 35.2. The molecule has 0 saturated carbocycles. The molecule has 0 aliphatic carbocycles. The van der Waals surface area contributed by atoms with Gasteiger partial charge in [0.05, 0.1) is 12.6 Å². The fourth-order valence-corrected chi connectivity index (χ4v) is 3.66. The number of carbonyl (C=O) groups excluding carboxylic acids is 2. The lowest BCUT2D eigenvalue weighted by molar-refractivity contribution is -0.157. The fraction of sp³-hybridized carbons (Fsp3) is 0.833. The van der Waals surface area contributed by atoms with Gasteiger partial charge in [-0.3, -0.25) is 19.5 Å². The van der Waals surface area contributed by atoms with E-state index in [1.54, 1.807) is 7.05 Å². The summed E-state index contributed by atoms with van der Waals surface area (Å²) in [6, 6.07) is -0.178. The summed E-state index contributed by atoms with van der Waals surface area (Å²) < 4.78 is 37.2. The van der Waals surface area contributed by atoms with Crippen molar-refractivity contribution in [3.8, 4) is 0 Å². The lowest BCUT2D eigenvalue weighted by Gasteiger charge is -2.39. The normalized spacial score (nSPS) is 20.0. The Bertz CT molecular complexity index is 599. The molecule has 2 aliphatic rings. The number of alkyl halides is 3. The Labute approximate surface area is 169 Å². The van der Waals surface area contributed by atoms with E-state index in [-0.39, 0.29) is 18.5 Å². The molecule has 2 amide bonds. The van der Waals surface area contributed by atoms with Gasteiger partial charge in [-0.05, 0) is 19.8 Å². The molecule has 2 saturated heterocycles. The maximum atomic E-state index is 12.6. The van der Waals surface area contributed by atoms with Gasteiger partial charge in [-0.25, -0.2) is 0 Å². The quantitative estimate of drug-likeness (QED) is 0.509. The van der Waals surface area contributed by atoms with Crippen molar-refractivity contribution in [2.24, 2.45) is 4.99 Å². The maximum Gasteiger partial charge on any atom is 0.406 e. The minimum absolute atomic E-state index is 0.164. The van der Waals surface area contributed by atoms with Crippen LogP contribution in [0.3, 0.4) is 0 Å². The zero-order chi connectivity index (χ0) is 21.6. The summed E-state index contributed by atoms with van der Waals surface area (Å²) >= 11 is 0. The molecule has 2 fully saturated rings. The molecule has 0 bridgehead atoms. The van der Waals surface area contributed by atoms with Crippen molar-refractivity contribution in [2.45, 2.75) is 32.0 Å². The lowest BCUT2D eigenvalue weighted by atomic mass is 10.2. The van der Waals surface area contributed by atoms with Crippen molar-refractivity contribution < 1.29 is 22.8 Å². The number of aliphatic imine (C=N–C) groups is 1. The van der Waals surface area contributed by atoms with E-state index in [2.05, 4.69) is 15.2 Å². The molecule has 2 rings (SSSR count). The largest absolute Gasteiger partial charge is 0.406 e. The second-order valence-electron chi connectivity index (χ2n) is 7.50. The number of guanidine groups is 1. The van der Waals surface area contributed by atoms with Crippen LogP contribution >= 0.6 is 0 Å². The molecule has 1 atom stereocenters. The molecule has 1 N–H and O–H groups in total. The number of amides is 2. The highest BCUT2D eigenvalue weighted by atomic mass is 19.4. The molecule has 2 heterocycles. The maximum absolute atomic E-state index is 12.6. The zero-order valence-electron chi connectivity index (χ0n) is 17.3. The number of rotatable bonds is 5. The van der Waals surface area contributed by atoms with Gasteiger partial charge in [0.15, 0.2) is 5.96 Å². The predicted molar refractivity (Wildman–Crippen MR) is 103 cm³/mol. The summed E-state index contributed by atoms with van der Waals surface area (Å²) in [7, 11) is 2.69. The van der Waals surface area contributed by atoms with E-state index in [0.29, 0.717) is 37.0 Å². The van der Waals surface area contributed by atoms with Crippen LogP contribution in [0, 0.1) is 0 Å². The SMILES string of the molecule is CN=C(NCC(=O)N(C)CC(F)(F)F)N1CCN(C(C)C(=O)N2CCCC2)CC1. The summed E-state index contributed by atoms with van der Waals surface area (Å²) in [5.74, 6) is -0.0272. The van der Waals surface area contributed by atoms with Crippen molar-refractivity contribution in [3.05, 3.63) is 0 Å². The number of carbonyl (C=O) groups is 2. The minimum Gasteiger partial charge on any atom is -0.347 e. The Morgan fingerprint density at radius 2 is 1.66 bits per heavy atom. The van der Waals surface area contributed by atoms with Crippen LogP contribution in [0.5, 0.6) is 0 Å². The third-order valence-electron chi connectivity index (χ3n) is 5.39. The van der Waals surface area contributed by atoms with Gasteiger partial charge >= 0.3 is 6.18 Å². The third-order valence-corrected chi connectivity index (χ3v) is 5.39. The van der Waals surface area contributed by atoms with Crippen molar-refractivity contribution in [2.75, 3.05) is 66.5 Å². The van der Waals surface area contributed by atoms with Gasteiger partial charge in [-0.15, -0.1) is 0 Å². The molecule has 1 unspecified atom stereocenters. The van der Waals surface area contributed by atoms with E-state index in [4.69, 9.17) is 0 Å². The Morgan fingerprint density at radius 3 is 2.17 bits per heavy atom. The van der Waals surface area contributed by atoms with Crippen LogP contribution in [-0.4, -0.2) is 116 Å². The van der Waals surface area contributed by atoms with Gasteiger partial charge in [-0.2, -0.15) is 13.2 Å². The predicted octanol–water partition coefficient (Wildman–Crippen LogP) is 0.211. The first-order valence-electron chi connectivity index (χ1n) is 9.91. The van der Waals surface area contributed by atoms with E-state index >= 15 is 0 Å². The number of nitrogens with one attached hydrogen (secondary N) is 1. The van der Waals surface area contributed by atoms with Gasteiger partial charge in [0.2, 0.25) is 11.8 Å². The van der Waals surface area contributed by atoms with Crippen molar-refractivity contribution in [1.29, 1.82) is 0 Å². The standard InChI is InChI=1S/C18H31F3N6O2/c1-14(16(29)26-6-4-5-7-26)25-8-10-27(11-9-25)17(22-2)23-12-15(28)24(3)13-18(19,20)21/h14H,4-13H2,1-3H3,(H,22,23). The van der Waals surface area contributed by atoms with Crippen LogP contribution in [0.15, 0.2) is 4.99 Å². The first-order chi connectivity index (χ1) is 13.6. The average Bonchev–Trinajstić information content (AvgIpc) is 3.21. The van der Waals surface area contributed by atoms with E-state index in [1.165, 1.54) is 0 Å². The zero-order valence-corrected chi connectivity index (χ0v) is 17.3. The second-order valence-corrected chi connectivity index (χ2v) is 7.50. The van der Waals surface area contributed by atoms with Gasteiger partial charge in [0.25, 0.3) is 0 Å². The second kappa shape index (κ2) is 10.1. The summed E-state index contributed by atoms with van der Waals surface area (Å²) in [5.41, 5.74) is 0. The Kier molecular flexibility index (Phi) is 8.12. The van der Waals surface area contributed by atoms with E-state index in [0.717, 1.165) is 33.0 Å². The van der Waals surface area contributed by atoms with Crippen LogP contribution in [-0.2, 0) is 9.59 Å². The molecule has 0 radical (unpaired) electrons. The molecule has 11 heteroatoms. The van der Waals surface area contributed by atoms with Crippen molar-refractivity contribution in [1.82, 2.24) is 24.9 Å². The highest BCUT2D eigenvalue weighted by molar-refractivity contribution is 5.86. The van der Waals surface area contributed by atoms with Crippen LogP contribution < -0.4 is 5.32 Å². The molecular weight excluding hydrogens is 389 g/mol. The Morgan fingerprint density at radius 1 is 1.07 bits per heavy atom. The van der Waals surface area contributed by atoms with Gasteiger partial charge in [0, 0.05) is 53.4 Å². The Hall–Kier alpha value is -2.04. The molecule has 0 aromatic carbocycles.